The van der Waals surface area contributed by atoms with Gasteiger partial charge in [-0.15, -0.1) is 0 Å². The van der Waals surface area contributed by atoms with E-state index in [-0.39, 0.29) is 5.92 Å². The molecule has 0 aliphatic carbocycles. The summed E-state index contributed by atoms with van der Waals surface area (Å²) in [5.74, 6) is 1.94. The van der Waals surface area contributed by atoms with Gasteiger partial charge in [-0.25, -0.2) is 4.98 Å². The smallest absolute Gasteiger partial charge is 0.238 e. The standard InChI is InChI=1S/C54H39N5/c1-35-30-32-45-42-25-14-17-29-48(42)59(54-56-52(37-18-6-3-7-19-37)55-53(57-54)38-20-8-4-9-21-38)51(45)50(35)44-27-13-12-24-41(44)36(2)39-31-33-49-46(34-39)43-26-15-16-28-47(43)58(49)40-22-10-5-11-23-40/h3-34,36H,1-2H3. The predicted molar refractivity (Wildman–Crippen MR) is 244 cm³/mol. The van der Waals surface area contributed by atoms with Gasteiger partial charge in [-0.05, 0) is 65.6 Å². The molecular weight excluding hydrogens is 719 g/mol. The highest BCUT2D eigenvalue weighted by Gasteiger charge is 2.24. The molecule has 1 unspecified atom stereocenters. The largest absolute Gasteiger partial charge is 0.309 e. The van der Waals surface area contributed by atoms with E-state index in [1.54, 1.807) is 0 Å². The van der Waals surface area contributed by atoms with Crippen molar-refractivity contribution in [2.45, 2.75) is 19.8 Å². The lowest BCUT2D eigenvalue weighted by atomic mass is 9.85. The first-order valence-corrected chi connectivity index (χ1v) is 20.2. The number of nitrogens with zero attached hydrogens (tertiary/aromatic N) is 5. The minimum atomic E-state index is 0.0912. The molecule has 5 heteroatoms. The van der Waals surface area contributed by atoms with E-state index in [4.69, 9.17) is 15.0 Å². The summed E-state index contributed by atoms with van der Waals surface area (Å²) in [7, 11) is 0. The summed E-state index contributed by atoms with van der Waals surface area (Å²) >= 11 is 0. The van der Waals surface area contributed by atoms with Crippen LogP contribution in [0.3, 0.4) is 0 Å². The van der Waals surface area contributed by atoms with Crippen molar-refractivity contribution in [3.05, 3.63) is 211 Å². The number of aromatic nitrogens is 5. The molecule has 5 nitrogen and oxygen atoms in total. The highest BCUT2D eigenvalue weighted by atomic mass is 15.2. The van der Waals surface area contributed by atoms with E-state index in [9.17, 15) is 0 Å². The second kappa shape index (κ2) is 14.1. The van der Waals surface area contributed by atoms with Gasteiger partial charge < -0.3 is 4.57 Å². The highest BCUT2D eigenvalue weighted by Crippen LogP contribution is 2.44. The van der Waals surface area contributed by atoms with Crippen LogP contribution in [0.4, 0.5) is 0 Å². The highest BCUT2D eigenvalue weighted by molar-refractivity contribution is 6.14. The Bertz CT molecular complexity index is 3290. The number of rotatable bonds is 7. The van der Waals surface area contributed by atoms with E-state index >= 15 is 0 Å². The first-order valence-electron chi connectivity index (χ1n) is 20.2. The van der Waals surface area contributed by atoms with Crippen molar-refractivity contribution < 1.29 is 0 Å². The number of fused-ring (bicyclic) bond motifs is 6. The lowest BCUT2D eigenvalue weighted by Crippen LogP contribution is -2.07. The Labute approximate surface area is 342 Å². The van der Waals surface area contributed by atoms with Crippen LogP contribution < -0.4 is 0 Å². The van der Waals surface area contributed by atoms with E-state index in [2.05, 4.69) is 181 Å². The van der Waals surface area contributed by atoms with Gasteiger partial charge in [0.2, 0.25) is 5.95 Å². The second-order valence-corrected chi connectivity index (χ2v) is 15.3. The summed E-state index contributed by atoms with van der Waals surface area (Å²) in [5.41, 5.74) is 13.7. The topological polar surface area (TPSA) is 48.5 Å². The Kier molecular flexibility index (Phi) is 8.26. The molecule has 0 amide bonds. The van der Waals surface area contributed by atoms with Crippen molar-refractivity contribution in [2.75, 3.05) is 0 Å². The van der Waals surface area contributed by atoms with Gasteiger partial charge >= 0.3 is 0 Å². The summed E-state index contributed by atoms with van der Waals surface area (Å²) in [6.45, 7) is 4.56. The Hall–Kier alpha value is -7.63. The van der Waals surface area contributed by atoms with E-state index in [1.165, 1.54) is 49.6 Å². The van der Waals surface area contributed by atoms with Crippen LogP contribution in [0, 0.1) is 6.92 Å². The minimum Gasteiger partial charge on any atom is -0.309 e. The van der Waals surface area contributed by atoms with Crippen molar-refractivity contribution in [3.8, 4) is 45.5 Å². The van der Waals surface area contributed by atoms with Crippen LogP contribution >= 0.6 is 0 Å². The number of hydrogen-bond donors (Lipinski definition) is 0. The molecule has 3 aromatic heterocycles. The molecule has 0 saturated carbocycles. The fourth-order valence-corrected chi connectivity index (χ4v) is 9.00. The maximum Gasteiger partial charge on any atom is 0.238 e. The zero-order chi connectivity index (χ0) is 39.5. The Balaban J connectivity index is 1.14. The van der Waals surface area contributed by atoms with Crippen LogP contribution in [0.25, 0.3) is 89.2 Å². The zero-order valence-corrected chi connectivity index (χ0v) is 32.8. The fourth-order valence-electron chi connectivity index (χ4n) is 9.00. The molecular formula is C54H39N5. The van der Waals surface area contributed by atoms with E-state index < -0.39 is 0 Å². The molecule has 3 heterocycles. The maximum atomic E-state index is 5.26. The van der Waals surface area contributed by atoms with Crippen LogP contribution in [-0.2, 0) is 0 Å². The summed E-state index contributed by atoms with van der Waals surface area (Å²) < 4.78 is 4.64. The molecule has 8 aromatic carbocycles. The van der Waals surface area contributed by atoms with Crippen molar-refractivity contribution in [1.82, 2.24) is 24.1 Å². The second-order valence-electron chi connectivity index (χ2n) is 15.3. The average molecular weight is 758 g/mol. The lowest BCUT2D eigenvalue weighted by molar-refractivity contribution is 0.926. The van der Waals surface area contributed by atoms with E-state index in [0.717, 1.165) is 38.6 Å². The van der Waals surface area contributed by atoms with Gasteiger partial charge in [-0.1, -0.05) is 165 Å². The van der Waals surface area contributed by atoms with Gasteiger partial charge in [0, 0.05) is 49.8 Å². The molecule has 59 heavy (non-hydrogen) atoms. The van der Waals surface area contributed by atoms with Gasteiger partial charge in [0.05, 0.1) is 22.1 Å². The number of para-hydroxylation sites is 3. The van der Waals surface area contributed by atoms with Gasteiger partial charge in [-0.3, -0.25) is 4.57 Å². The fraction of sp³-hybridized carbons (Fsp3) is 0.0556. The van der Waals surface area contributed by atoms with Crippen LogP contribution in [0.1, 0.15) is 29.5 Å². The Morgan fingerprint density at radius 3 is 1.66 bits per heavy atom. The van der Waals surface area contributed by atoms with Gasteiger partial charge in [0.15, 0.2) is 11.6 Å². The molecule has 11 aromatic rings. The molecule has 0 N–H and O–H groups in total. The van der Waals surface area contributed by atoms with Crippen LogP contribution in [-0.4, -0.2) is 24.1 Å². The number of hydrogen-bond acceptors (Lipinski definition) is 3. The Morgan fingerprint density at radius 2 is 0.983 bits per heavy atom. The van der Waals surface area contributed by atoms with Gasteiger partial charge in [-0.2, -0.15) is 9.97 Å². The minimum absolute atomic E-state index is 0.0912. The molecule has 0 fully saturated rings. The molecule has 0 spiro atoms. The van der Waals surface area contributed by atoms with E-state index in [0.29, 0.717) is 17.6 Å². The first kappa shape index (κ1) is 34.6. The number of aryl methyl sites for hydroxylation is 1. The molecule has 0 radical (unpaired) electrons. The predicted octanol–water partition coefficient (Wildman–Crippen LogP) is 13.5. The van der Waals surface area contributed by atoms with Crippen LogP contribution in [0.5, 0.6) is 0 Å². The van der Waals surface area contributed by atoms with Crippen molar-refractivity contribution in [3.63, 3.8) is 0 Å². The summed E-state index contributed by atoms with van der Waals surface area (Å²) in [4.78, 5) is 15.6. The molecule has 11 rings (SSSR count). The normalized spacial score (nSPS) is 12.2. The quantitative estimate of drug-likeness (QED) is 0.163. The zero-order valence-electron chi connectivity index (χ0n) is 32.8. The van der Waals surface area contributed by atoms with Crippen molar-refractivity contribution >= 4 is 43.6 Å². The van der Waals surface area contributed by atoms with E-state index in [1.807, 2.05) is 36.4 Å². The first-order chi connectivity index (χ1) is 29.1. The third-order valence-electron chi connectivity index (χ3n) is 11.8. The lowest BCUT2D eigenvalue weighted by Gasteiger charge is -2.20. The molecule has 1 atom stereocenters. The average Bonchev–Trinajstić information content (AvgIpc) is 3.82. The molecule has 280 valence electrons. The summed E-state index contributed by atoms with van der Waals surface area (Å²) in [6.07, 6.45) is 0. The van der Waals surface area contributed by atoms with Crippen molar-refractivity contribution in [1.29, 1.82) is 0 Å². The molecule has 0 bridgehead atoms. The van der Waals surface area contributed by atoms with Crippen LogP contribution in [0.15, 0.2) is 194 Å². The molecule has 0 aliphatic rings. The monoisotopic (exact) mass is 757 g/mol. The third kappa shape index (κ3) is 5.73. The third-order valence-corrected chi connectivity index (χ3v) is 11.8. The Morgan fingerprint density at radius 1 is 0.441 bits per heavy atom. The maximum absolute atomic E-state index is 5.26. The summed E-state index contributed by atoms with van der Waals surface area (Å²) in [6, 6.07) is 68.8. The van der Waals surface area contributed by atoms with Crippen LogP contribution in [0.2, 0.25) is 0 Å². The SMILES string of the molecule is Cc1ccc2c3ccccc3n(-c3nc(-c4ccccc4)nc(-c4ccccc4)n3)c2c1-c1ccccc1C(C)c1ccc2c(c1)c1ccccc1n2-c1ccccc1. The molecule has 0 saturated heterocycles. The molecule has 0 aliphatic heterocycles. The van der Waals surface area contributed by atoms with Gasteiger partial charge in [0.1, 0.15) is 0 Å². The summed E-state index contributed by atoms with van der Waals surface area (Å²) in [5, 5.41) is 4.81. The van der Waals surface area contributed by atoms with Crippen molar-refractivity contribution in [2.24, 2.45) is 0 Å². The van der Waals surface area contributed by atoms with Gasteiger partial charge in [0.25, 0.3) is 0 Å². The number of benzene rings is 8.